The van der Waals surface area contributed by atoms with Crippen molar-refractivity contribution < 1.29 is 19.2 Å². The van der Waals surface area contributed by atoms with Crippen LogP contribution in [0.1, 0.15) is 47.9 Å². The number of aryl methyl sites for hydroxylation is 1. The highest BCUT2D eigenvalue weighted by Crippen LogP contribution is 2.25. The van der Waals surface area contributed by atoms with E-state index in [1.165, 1.54) is 9.80 Å². The van der Waals surface area contributed by atoms with E-state index in [1.807, 2.05) is 10.8 Å². The molecular formula is C24H21N5O4. The zero-order valence-corrected chi connectivity index (χ0v) is 17.8. The zero-order valence-electron chi connectivity index (χ0n) is 17.8. The fraction of sp³-hybridized carbons (Fsp3) is 0.208. The van der Waals surface area contributed by atoms with Crippen LogP contribution in [0.2, 0.25) is 0 Å². The number of benzene rings is 2. The molecule has 4 amide bonds. The number of amides is 4. The lowest BCUT2D eigenvalue weighted by molar-refractivity contribution is 0.0392. The quantitative estimate of drug-likeness (QED) is 0.495. The first-order valence-electron chi connectivity index (χ1n) is 10.6. The Bertz CT molecular complexity index is 1110. The normalized spacial score (nSPS) is 15.1. The average molecular weight is 443 g/mol. The summed E-state index contributed by atoms with van der Waals surface area (Å²) in [6.07, 6.45) is 5.91. The highest BCUT2D eigenvalue weighted by molar-refractivity contribution is 6.22. The van der Waals surface area contributed by atoms with Crippen molar-refractivity contribution in [2.24, 2.45) is 0 Å². The maximum absolute atomic E-state index is 12.9. The van der Waals surface area contributed by atoms with Gasteiger partial charge in [-0.25, -0.2) is 4.98 Å². The molecule has 0 saturated heterocycles. The Morgan fingerprint density at radius 1 is 0.697 bits per heavy atom. The Morgan fingerprint density at radius 3 is 1.55 bits per heavy atom. The number of aromatic nitrogens is 2. The summed E-state index contributed by atoms with van der Waals surface area (Å²) >= 11 is 0. The molecule has 0 N–H and O–H groups in total. The number of carbonyl (C=O) groups excluding carboxylic acids is 4. The Hall–Kier alpha value is -4.11. The maximum atomic E-state index is 12.9. The smallest absolute Gasteiger partial charge is 0.262 e. The molecule has 0 radical (unpaired) electrons. The molecule has 166 valence electrons. The van der Waals surface area contributed by atoms with Crippen LogP contribution in [0.5, 0.6) is 0 Å². The lowest BCUT2D eigenvalue weighted by Gasteiger charge is -2.29. The van der Waals surface area contributed by atoms with Gasteiger partial charge in [0, 0.05) is 25.5 Å². The van der Waals surface area contributed by atoms with Crippen molar-refractivity contribution in [3.63, 3.8) is 0 Å². The minimum atomic E-state index is -0.377. The predicted molar refractivity (Wildman–Crippen MR) is 117 cm³/mol. The van der Waals surface area contributed by atoms with Crippen LogP contribution in [0.4, 0.5) is 0 Å². The molecule has 9 heteroatoms. The second-order valence-corrected chi connectivity index (χ2v) is 8.00. The lowest BCUT2D eigenvalue weighted by Crippen LogP contribution is -2.48. The second kappa shape index (κ2) is 8.44. The van der Waals surface area contributed by atoms with Crippen molar-refractivity contribution in [2.45, 2.75) is 13.0 Å². The molecular weight excluding hydrogens is 422 g/mol. The van der Waals surface area contributed by atoms with Crippen molar-refractivity contribution >= 4 is 23.6 Å². The number of carbonyl (C=O) groups is 4. The summed E-state index contributed by atoms with van der Waals surface area (Å²) in [6, 6.07) is 13.4. The Kier molecular flexibility index (Phi) is 5.31. The van der Waals surface area contributed by atoms with Crippen LogP contribution >= 0.6 is 0 Å². The number of fused-ring (bicyclic) bond motifs is 2. The highest BCUT2D eigenvalue weighted by atomic mass is 16.2. The van der Waals surface area contributed by atoms with Crippen molar-refractivity contribution in [2.75, 3.05) is 19.9 Å². The van der Waals surface area contributed by atoms with Crippen molar-refractivity contribution in [3.8, 4) is 0 Å². The van der Waals surface area contributed by atoms with Gasteiger partial charge >= 0.3 is 0 Å². The van der Waals surface area contributed by atoms with Crippen molar-refractivity contribution in [1.29, 1.82) is 0 Å². The van der Waals surface area contributed by atoms with Gasteiger partial charge in [-0.1, -0.05) is 24.3 Å². The van der Waals surface area contributed by atoms with E-state index in [0.717, 1.165) is 0 Å². The van der Waals surface area contributed by atoms with Gasteiger partial charge in [0.2, 0.25) is 0 Å². The van der Waals surface area contributed by atoms with E-state index in [2.05, 4.69) is 4.98 Å². The van der Waals surface area contributed by atoms with Crippen molar-refractivity contribution in [1.82, 2.24) is 24.3 Å². The van der Waals surface area contributed by atoms with Crippen LogP contribution in [0.15, 0.2) is 67.3 Å². The SMILES string of the molecule is O=C1c2ccccc2C(=O)N1CN(CCCn1ccnc1)CN1C(=O)c2ccccc2C1=O. The van der Waals surface area contributed by atoms with Gasteiger partial charge in [0.25, 0.3) is 23.6 Å². The van der Waals surface area contributed by atoms with E-state index in [9.17, 15) is 19.2 Å². The van der Waals surface area contributed by atoms with Crippen LogP contribution in [-0.4, -0.2) is 67.8 Å². The molecule has 0 saturated carbocycles. The molecule has 3 aromatic rings. The Morgan fingerprint density at radius 2 is 1.15 bits per heavy atom. The van der Waals surface area contributed by atoms with Crippen LogP contribution in [-0.2, 0) is 6.54 Å². The van der Waals surface area contributed by atoms with Crippen molar-refractivity contribution in [3.05, 3.63) is 89.5 Å². The molecule has 5 rings (SSSR count). The van der Waals surface area contributed by atoms with Gasteiger partial charge in [0.05, 0.1) is 41.9 Å². The molecule has 9 nitrogen and oxygen atoms in total. The summed E-state index contributed by atoms with van der Waals surface area (Å²) in [6.45, 7) is 1.08. The standard InChI is InChI=1S/C24H21N5O4/c30-21-17-6-1-2-7-18(17)22(31)28(21)15-27(12-5-11-26-13-10-25-14-26)16-29-23(32)19-8-3-4-9-20(19)24(29)33/h1-4,6-10,13-14H,5,11-12,15-16H2. The Labute approximate surface area is 189 Å². The first-order valence-corrected chi connectivity index (χ1v) is 10.6. The first-order chi connectivity index (χ1) is 16.0. The predicted octanol–water partition coefficient (Wildman–Crippen LogP) is 2.08. The van der Waals surface area contributed by atoms with Gasteiger partial charge in [0.1, 0.15) is 0 Å². The third-order valence-electron chi connectivity index (χ3n) is 5.89. The topological polar surface area (TPSA) is 95.8 Å². The first kappa shape index (κ1) is 20.8. The summed E-state index contributed by atoms with van der Waals surface area (Å²) in [5.74, 6) is -1.51. The van der Waals surface area contributed by atoms with Gasteiger partial charge in [-0.05, 0) is 30.7 Å². The number of imide groups is 2. The molecule has 0 unspecified atom stereocenters. The molecule has 33 heavy (non-hydrogen) atoms. The molecule has 3 heterocycles. The third-order valence-corrected chi connectivity index (χ3v) is 5.89. The van der Waals surface area contributed by atoms with Gasteiger partial charge in [-0.3, -0.25) is 33.9 Å². The summed E-state index contributed by atoms with van der Waals surface area (Å²) in [7, 11) is 0. The molecule has 0 spiro atoms. The number of imidazole rings is 1. The molecule has 0 atom stereocenters. The van der Waals surface area contributed by atoms with Gasteiger partial charge in [-0.2, -0.15) is 0 Å². The van der Waals surface area contributed by atoms with Crippen LogP contribution in [0, 0.1) is 0 Å². The number of nitrogens with zero attached hydrogens (tertiary/aromatic N) is 5. The highest BCUT2D eigenvalue weighted by Gasteiger charge is 2.39. The van der Waals surface area contributed by atoms with E-state index >= 15 is 0 Å². The number of hydrogen-bond donors (Lipinski definition) is 0. The third kappa shape index (κ3) is 3.72. The molecule has 2 aliphatic heterocycles. The van der Waals surface area contributed by atoms with E-state index in [4.69, 9.17) is 0 Å². The van der Waals surface area contributed by atoms with Crippen LogP contribution in [0.3, 0.4) is 0 Å². The minimum absolute atomic E-state index is 0.0241. The second-order valence-electron chi connectivity index (χ2n) is 8.00. The summed E-state index contributed by atoms with van der Waals surface area (Å²) in [4.78, 5) is 59.6. The largest absolute Gasteiger partial charge is 0.337 e. The molecule has 1 aromatic heterocycles. The fourth-order valence-electron chi connectivity index (χ4n) is 4.22. The van der Waals surface area contributed by atoms with E-state index in [1.54, 1.807) is 66.0 Å². The fourth-order valence-corrected chi connectivity index (χ4v) is 4.22. The van der Waals surface area contributed by atoms with Crippen LogP contribution in [0.25, 0.3) is 0 Å². The van der Waals surface area contributed by atoms with Crippen LogP contribution < -0.4 is 0 Å². The van der Waals surface area contributed by atoms with E-state index < -0.39 is 0 Å². The summed E-state index contributed by atoms with van der Waals surface area (Å²) in [5.41, 5.74) is 1.45. The number of hydrogen-bond acceptors (Lipinski definition) is 6. The van der Waals surface area contributed by atoms with Gasteiger partial charge < -0.3 is 4.57 Å². The molecule has 0 fully saturated rings. The van der Waals surface area contributed by atoms with Gasteiger partial charge in [0.15, 0.2) is 0 Å². The minimum Gasteiger partial charge on any atom is -0.337 e. The lowest BCUT2D eigenvalue weighted by atomic mass is 10.1. The maximum Gasteiger partial charge on any atom is 0.262 e. The summed E-state index contributed by atoms with van der Waals surface area (Å²) in [5, 5.41) is 0. The number of rotatable bonds is 8. The average Bonchev–Trinajstić information content (AvgIpc) is 3.50. The molecule has 0 bridgehead atoms. The summed E-state index contributed by atoms with van der Waals surface area (Å²) < 4.78 is 1.92. The molecule has 2 aromatic carbocycles. The van der Waals surface area contributed by atoms with E-state index in [-0.39, 0.29) is 37.0 Å². The monoisotopic (exact) mass is 443 g/mol. The Balaban J connectivity index is 1.35. The van der Waals surface area contributed by atoms with Gasteiger partial charge in [-0.15, -0.1) is 0 Å². The van der Waals surface area contributed by atoms with E-state index in [0.29, 0.717) is 41.8 Å². The molecule has 0 aliphatic carbocycles. The zero-order chi connectivity index (χ0) is 22.9. The molecule has 2 aliphatic rings.